The van der Waals surface area contributed by atoms with E-state index in [0.29, 0.717) is 21.3 Å². The molecule has 194 valence electrons. The standard InChI is InChI=1S/C29H25Cl2N3O3S/c1-2-34-27-6-4-3-5-25(27)26-17-23(13-16-28(26)34)32-29(35)19-33(18-20-7-9-21(30)10-8-20)38(36,37)24-14-11-22(31)12-15-24/h3-17H,2,18-19H2,1H3,(H,32,35). The van der Waals surface area contributed by atoms with E-state index in [-0.39, 0.29) is 18.0 Å². The Morgan fingerprint density at radius 3 is 2.16 bits per heavy atom. The molecular weight excluding hydrogens is 541 g/mol. The van der Waals surface area contributed by atoms with E-state index in [1.54, 1.807) is 24.3 Å². The molecule has 0 aliphatic rings. The van der Waals surface area contributed by atoms with E-state index in [1.165, 1.54) is 24.3 Å². The number of fused-ring (bicyclic) bond motifs is 3. The Kier molecular flexibility index (Phi) is 7.45. The average Bonchev–Trinajstić information content (AvgIpc) is 3.22. The highest BCUT2D eigenvalue weighted by atomic mass is 35.5. The number of para-hydroxylation sites is 1. The molecule has 0 radical (unpaired) electrons. The van der Waals surface area contributed by atoms with Crippen LogP contribution in [0, 0.1) is 0 Å². The van der Waals surface area contributed by atoms with Crippen LogP contribution < -0.4 is 5.32 Å². The summed E-state index contributed by atoms with van der Waals surface area (Å²) in [6.45, 7) is 2.54. The molecule has 6 nitrogen and oxygen atoms in total. The van der Waals surface area contributed by atoms with Crippen molar-refractivity contribution in [2.45, 2.75) is 24.9 Å². The number of carbonyl (C=O) groups is 1. The zero-order chi connectivity index (χ0) is 26.9. The van der Waals surface area contributed by atoms with E-state index in [0.717, 1.165) is 32.7 Å². The summed E-state index contributed by atoms with van der Waals surface area (Å²) < 4.78 is 30.4. The van der Waals surface area contributed by atoms with E-state index < -0.39 is 15.9 Å². The first-order valence-electron chi connectivity index (χ1n) is 12.1. The summed E-state index contributed by atoms with van der Waals surface area (Å²) in [5.74, 6) is -0.449. The van der Waals surface area contributed by atoms with Gasteiger partial charge in [-0.3, -0.25) is 4.79 Å². The lowest BCUT2D eigenvalue weighted by molar-refractivity contribution is -0.116. The topological polar surface area (TPSA) is 71.4 Å². The van der Waals surface area contributed by atoms with Crippen molar-refractivity contribution in [1.82, 2.24) is 8.87 Å². The maximum atomic E-state index is 13.5. The molecule has 0 spiro atoms. The minimum absolute atomic E-state index is 0.00142. The summed E-state index contributed by atoms with van der Waals surface area (Å²) in [7, 11) is -4.00. The number of anilines is 1. The Balaban J connectivity index is 1.44. The first kappa shape index (κ1) is 26.3. The third kappa shape index (κ3) is 5.28. The molecule has 0 fully saturated rings. The van der Waals surface area contributed by atoms with Crippen molar-refractivity contribution in [3.05, 3.63) is 107 Å². The zero-order valence-electron chi connectivity index (χ0n) is 20.6. The number of aromatic nitrogens is 1. The smallest absolute Gasteiger partial charge is 0.243 e. The SMILES string of the molecule is CCn1c2ccccc2c2cc(NC(=O)CN(Cc3ccc(Cl)cc3)S(=O)(=O)c3ccc(Cl)cc3)ccc21. The number of carbonyl (C=O) groups excluding carboxylic acids is 1. The second-order valence-electron chi connectivity index (χ2n) is 8.89. The van der Waals surface area contributed by atoms with E-state index in [9.17, 15) is 13.2 Å². The van der Waals surface area contributed by atoms with Crippen LogP contribution in [0.15, 0.2) is 95.9 Å². The summed E-state index contributed by atoms with van der Waals surface area (Å²) in [6.07, 6.45) is 0. The molecule has 5 aromatic rings. The lowest BCUT2D eigenvalue weighted by Gasteiger charge is -2.22. The molecule has 1 heterocycles. The number of nitrogens with zero attached hydrogens (tertiary/aromatic N) is 2. The average molecular weight is 567 g/mol. The van der Waals surface area contributed by atoms with Gasteiger partial charge in [-0.1, -0.05) is 53.5 Å². The molecule has 1 N–H and O–H groups in total. The Labute approximate surface area is 231 Å². The molecule has 0 unspecified atom stereocenters. The van der Waals surface area contributed by atoms with Gasteiger partial charge in [0.15, 0.2) is 0 Å². The van der Waals surface area contributed by atoms with Gasteiger partial charge in [0.2, 0.25) is 15.9 Å². The second-order valence-corrected chi connectivity index (χ2v) is 11.7. The summed E-state index contributed by atoms with van der Waals surface area (Å²) >= 11 is 12.0. The number of hydrogen-bond donors (Lipinski definition) is 1. The molecule has 0 atom stereocenters. The van der Waals surface area contributed by atoms with Crippen LogP contribution in [0.3, 0.4) is 0 Å². The maximum absolute atomic E-state index is 13.5. The fourth-order valence-corrected chi connectivity index (χ4v) is 6.24. The van der Waals surface area contributed by atoms with E-state index in [2.05, 4.69) is 28.9 Å². The van der Waals surface area contributed by atoms with Crippen LogP contribution in [0.4, 0.5) is 5.69 Å². The van der Waals surface area contributed by atoms with Crippen molar-refractivity contribution in [2.75, 3.05) is 11.9 Å². The number of aryl methyl sites for hydroxylation is 1. The van der Waals surface area contributed by atoms with Crippen molar-refractivity contribution in [1.29, 1.82) is 0 Å². The number of rotatable bonds is 8. The van der Waals surface area contributed by atoms with Crippen LogP contribution in [0.2, 0.25) is 10.0 Å². The first-order chi connectivity index (χ1) is 18.3. The molecule has 0 bridgehead atoms. The molecule has 9 heteroatoms. The number of benzene rings is 4. The van der Waals surface area contributed by atoms with Gasteiger partial charge in [0.1, 0.15) is 0 Å². The molecule has 0 aliphatic carbocycles. The van der Waals surface area contributed by atoms with Crippen molar-refractivity contribution in [3.63, 3.8) is 0 Å². The number of sulfonamides is 1. The quantitative estimate of drug-likeness (QED) is 0.221. The molecule has 0 saturated carbocycles. The summed E-state index contributed by atoms with van der Waals surface area (Å²) in [4.78, 5) is 13.2. The van der Waals surface area contributed by atoms with Crippen LogP contribution in [0.25, 0.3) is 21.8 Å². The Morgan fingerprint density at radius 2 is 1.47 bits per heavy atom. The van der Waals surface area contributed by atoms with Gasteiger partial charge < -0.3 is 9.88 Å². The van der Waals surface area contributed by atoms with E-state index in [1.807, 2.05) is 30.3 Å². The molecule has 4 aromatic carbocycles. The van der Waals surface area contributed by atoms with Gasteiger partial charge in [-0.05, 0) is 73.2 Å². The third-order valence-electron chi connectivity index (χ3n) is 6.42. The molecule has 1 amide bonds. The van der Waals surface area contributed by atoms with E-state index >= 15 is 0 Å². The highest BCUT2D eigenvalue weighted by molar-refractivity contribution is 7.89. The molecule has 0 aliphatic heterocycles. The summed E-state index contributed by atoms with van der Waals surface area (Å²) in [5.41, 5.74) is 3.49. The van der Waals surface area contributed by atoms with Gasteiger partial charge in [-0.2, -0.15) is 4.31 Å². The van der Waals surface area contributed by atoms with Gasteiger partial charge in [0, 0.05) is 50.6 Å². The largest absolute Gasteiger partial charge is 0.341 e. The van der Waals surface area contributed by atoms with Gasteiger partial charge in [0.05, 0.1) is 11.4 Å². The Bertz CT molecular complexity index is 1730. The number of amides is 1. The fraction of sp³-hybridized carbons (Fsp3) is 0.138. The molecule has 0 saturated heterocycles. The van der Waals surface area contributed by atoms with Crippen LogP contribution in [-0.2, 0) is 27.9 Å². The number of nitrogens with one attached hydrogen (secondary N) is 1. The highest BCUT2D eigenvalue weighted by Gasteiger charge is 2.27. The zero-order valence-corrected chi connectivity index (χ0v) is 22.9. The molecular formula is C29H25Cl2N3O3S. The normalized spacial score (nSPS) is 11.9. The highest BCUT2D eigenvalue weighted by Crippen LogP contribution is 2.31. The monoisotopic (exact) mass is 565 g/mol. The maximum Gasteiger partial charge on any atom is 0.243 e. The molecule has 1 aromatic heterocycles. The van der Waals surface area contributed by atoms with Gasteiger partial charge in [-0.15, -0.1) is 0 Å². The lowest BCUT2D eigenvalue weighted by atomic mass is 10.1. The predicted molar refractivity (Wildman–Crippen MR) is 154 cm³/mol. The fourth-order valence-electron chi connectivity index (χ4n) is 4.61. The van der Waals surface area contributed by atoms with Crippen molar-refractivity contribution in [3.8, 4) is 0 Å². The summed E-state index contributed by atoms with van der Waals surface area (Å²) in [6, 6.07) is 26.6. The third-order valence-corrected chi connectivity index (χ3v) is 8.73. The van der Waals surface area contributed by atoms with Crippen molar-refractivity contribution >= 4 is 66.6 Å². The summed E-state index contributed by atoms with van der Waals surface area (Å²) in [5, 5.41) is 5.96. The van der Waals surface area contributed by atoms with Crippen LogP contribution in [0.5, 0.6) is 0 Å². The Hall–Kier alpha value is -3.36. The Morgan fingerprint density at radius 1 is 0.842 bits per heavy atom. The van der Waals surface area contributed by atoms with E-state index in [4.69, 9.17) is 23.2 Å². The second kappa shape index (κ2) is 10.8. The van der Waals surface area contributed by atoms with Crippen LogP contribution >= 0.6 is 23.2 Å². The van der Waals surface area contributed by atoms with Gasteiger partial charge >= 0.3 is 0 Å². The van der Waals surface area contributed by atoms with Crippen molar-refractivity contribution in [2.24, 2.45) is 0 Å². The molecule has 38 heavy (non-hydrogen) atoms. The van der Waals surface area contributed by atoms with Gasteiger partial charge in [0.25, 0.3) is 0 Å². The van der Waals surface area contributed by atoms with Crippen molar-refractivity contribution < 1.29 is 13.2 Å². The van der Waals surface area contributed by atoms with Crippen LogP contribution in [0.1, 0.15) is 12.5 Å². The predicted octanol–water partition coefficient (Wildman–Crippen LogP) is 6.95. The minimum atomic E-state index is -4.00. The molecule has 5 rings (SSSR count). The van der Waals surface area contributed by atoms with Crippen LogP contribution in [-0.4, -0.2) is 29.7 Å². The van der Waals surface area contributed by atoms with Gasteiger partial charge in [-0.25, -0.2) is 8.42 Å². The number of halogens is 2. The minimum Gasteiger partial charge on any atom is -0.341 e. The lowest BCUT2D eigenvalue weighted by Crippen LogP contribution is -2.37. The first-order valence-corrected chi connectivity index (χ1v) is 14.3. The number of hydrogen-bond acceptors (Lipinski definition) is 3.